The molecule has 0 radical (unpaired) electrons. The highest BCUT2D eigenvalue weighted by Crippen LogP contribution is 2.52. The summed E-state index contributed by atoms with van der Waals surface area (Å²) in [5.41, 5.74) is 3.73. The van der Waals surface area contributed by atoms with Crippen LogP contribution in [-0.4, -0.2) is 16.8 Å². The van der Waals surface area contributed by atoms with E-state index in [0.717, 1.165) is 24.1 Å². The van der Waals surface area contributed by atoms with E-state index in [4.69, 9.17) is 0 Å². The third-order valence-electron chi connectivity index (χ3n) is 6.25. The summed E-state index contributed by atoms with van der Waals surface area (Å²) in [5.74, 6) is 0.210. The van der Waals surface area contributed by atoms with Crippen molar-refractivity contribution in [3.8, 4) is 0 Å². The first-order valence-electron chi connectivity index (χ1n) is 10.3. The van der Waals surface area contributed by atoms with Crippen molar-refractivity contribution in [2.24, 2.45) is 16.7 Å². The lowest BCUT2D eigenvalue weighted by molar-refractivity contribution is -0.118. The molecule has 5 nitrogen and oxygen atoms in total. The zero-order valence-corrected chi connectivity index (χ0v) is 17.9. The van der Waals surface area contributed by atoms with Crippen molar-refractivity contribution in [2.45, 2.75) is 40.5 Å². The molecule has 0 aliphatic heterocycles. The summed E-state index contributed by atoms with van der Waals surface area (Å²) < 4.78 is 0. The molecule has 0 unspecified atom stereocenters. The summed E-state index contributed by atoms with van der Waals surface area (Å²) in [6, 6.07) is 14.0. The third kappa shape index (κ3) is 4.11. The summed E-state index contributed by atoms with van der Waals surface area (Å²) >= 11 is 0. The van der Waals surface area contributed by atoms with Crippen molar-refractivity contribution < 1.29 is 14.7 Å². The van der Waals surface area contributed by atoms with E-state index in [1.165, 1.54) is 0 Å². The van der Waals surface area contributed by atoms with E-state index in [9.17, 15) is 14.7 Å². The summed E-state index contributed by atoms with van der Waals surface area (Å²) in [6.45, 7) is 8.35. The average molecular weight is 405 g/mol. The molecule has 156 valence electrons. The quantitative estimate of drug-likeness (QED) is 0.438. The van der Waals surface area contributed by atoms with E-state index in [1.54, 1.807) is 48.5 Å². The number of allylic oxidation sites excluding steroid dienone is 1. The highest BCUT2D eigenvalue weighted by molar-refractivity contribution is 6.09. The van der Waals surface area contributed by atoms with Gasteiger partial charge in [0.1, 0.15) is 0 Å². The minimum atomic E-state index is -0.0892. The first-order chi connectivity index (χ1) is 14.1. The summed E-state index contributed by atoms with van der Waals surface area (Å²) in [4.78, 5) is 25.0. The number of ketones is 1. The van der Waals surface area contributed by atoms with Gasteiger partial charge in [-0.2, -0.15) is 0 Å². The Morgan fingerprint density at radius 1 is 0.867 bits per heavy atom. The SMILES string of the molecule is CC1(C)C/C1=C(/O)Nc1ccc(C(=O)c2ccc(NC(=O)[C@H]3CC3(C)C)cc2)cc1. The second kappa shape index (κ2) is 7.01. The molecule has 2 fully saturated rings. The van der Waals surface area contributed by atoms with Crippen molar-refractivity contribution in [1.29, 1.82) is 0 Å². The number of carbonyl (C=O) groups excluding carboxylic acids is 2. The number of amides is 1. The van der Waals surface area contributed by atoms with Gasteiger partial charge in [0.2, 0.25) is 5.91 Å². The number of anilines is 2. The van der Waals surface area contributed by atoms with E-state index in [-0.39, 0.29) is 34.3 Å². The van der Waals surface area contributed by atoms with Crippen LogP contribution in [-0.2, 0) is 4.79 Å². The van der Waals surface area contributed by atoms with Crippen LogP contribution in [0.4, 0.5) is 11.4 Å². The van der Waals surface area contributed by atoms with Gasteiger partial charge in [-0.15, -0.1) is 0 Å². The predicted molar refractivity (Wildman–Crippen MR) is 119 cm³/mol. The van der Waals surface area contributed by atoms with E-state index in [2.05, 4.69) is 38.3 Å². The second-order valence-electron chi connectivity index (χ2n) is 9.73. The number of hydrogen-bond donors (Lipinski definition) is 3. The van der Waals surface area contributed by atoms with Gasteiger partial charge in [-0.3, -0.25) is 9.59 Å². The number of hydrogen-bond acceptors (Lipinski definition) is 4. The smallest absolute Gasteiger partial charge is 0.228 e. The van der Waals surface area contributed by atoms with Crippen LogP contribution in [0.5, 0.6) is 0 Å². The summed E-state index contributed by atoms with van der Waals surface area (Å²) in [5, 5.41) is 16.1. The van der Waals surface area contributed by atoms with Crippen molar-refractivity contribution in [3.63, 3.8) is 0 Å². The van der Waals surface area contributed by atoms with E-state index in [0.29, 0.717) is 16.8 Å². The minimum absolute atomic E-state index is 0.0370. The summed E-state index contributed by atoms with van der Waals surface area (Å²) in [6.07, 6.45) is 1.80. The molecule has 0 bridgehead atoms. The Bertz CT molecular complexity index is 1030. The zero-order valence-electron chi connectivity index (χ0n) is 17.9. The molecule has 0 saturated heterocycles. The lowest BCUT2D eigenvalue weighted by Crippen LogP contribution is -2.16. The van der Waals surface area contributed by atoms with Gasteiger partial charge in [0, 0.05) is 28.4 Å². The average Bonchev–Trinajstić information content (AvgIpc) is 3.55. The number of aliphatic hydroxyl groups is 1. The maximum atomic E-state index is 12.8. The van der Waals surface area contributed by atoms with Gasteiger partial charge < -0.3 is 15.7 Å². The van der Waals surface area contributed by atoms with Crippen molar-refractivity contribution in [2.75, 3.05) is 10.6 Å². The van der Waals surface area contributed by atoms with E-state index < -0.39 is 0 Å². The lowest BCUT2D eigenvalue weighted by atomic mass is 10.0. The molecule has 2 aromatic rings. The largest absolute Gasteiger partial charge is 0.495 e. The number of rotatable bonds is 6. The predicted octanol–water partition coefficient (Wildman–Crippen LogP) is 5.51. The van der Waals surface area contributed by atoms with Crippen LogP contribution < -0.4 is 10.6 Å². The Morgan fingerprint density at radius 3 is 1.70 bits per heavy atom. The molecule has 3 N–H and O–H groups in total. The Morgan fingerprint density at radius 2 is 1.30 bits per heavy atom. The first kappa shape index (κ1) is 20.2. The molecule has 1 amide bonds. The van der Waals surface area contributed by atoms with Crippen LogP contribution >= 0.6 is 0 Å². The van der Waals surface area contributed by atoms with Gasteiger partial charge in [0.25, 0.3) is 0 Å². The van der Waals surface area contributed by atoms with Gasteiger partial charge in [0.15, 0.2) is 11.7 Å². The zero-order chi connectivity index (χ0) is 21.7. The normalized spacial score (nSPS) is 22.1. The molecule has 2 aromatic carbocycles. The lowest BCUT2D eigenvalue weighted by Gasteiger charge is -2.09. The molecule has 0 heterocycles. The van der Waals surface area contributed by atoms with Crippen LogP contribution in [0.15, 0.2) is 60.0 Å². The minimum Gasteiger partial charge on any atom is -0.495 e. The highest BCUT2D eigenvalue weighted by atomic mass is 16.3. The number of benzene rings is 2. The Hall–Kier alpha value is -3.08. The van der Waals surface area contributed by atoms with Crippen molar-refractivity contribution in [3.05, 3.63) is 71.1 Å². The van der Waals surface area contributed by atoms with Crippen LogP contribution in [0.1, 0.15) is 56.5 Å². The Kier molecular flexibility index (Phi) is 4.72. The third-order valence-corrected chi connectivity index (χ3v) is 6.25. The van der Waals surface area contributed by atoms with Crippen molar-refractivity contribution in [1.82, 2.24) is 0 Å². The molecule has 4 rings (SSSR count). The van der Waals surface area contributed by atoms with Gasteiger partial charge in [-0.25, -0.2) is 0 Å². The molecule has 0 aromatic heterocycles. The molecular formula is C25H28N2O3. The van der Waals surface area contributed by atoms with Crippen LogP contribution in [0, 0.1) is 16.7 Å². The molecule has 2 aliphatic carbocycles. The molecule has 30 heavy (non-hydrogen) atoms. The van der Waals surface area contributed by atoms with Crippen LogP contribution in [0.3, 0.4) is 0 Å². The van der Waals surface area contributed by atoms with Gasteiger partial charge in [0.05, 0.1) is 0 Å². The maximum absolute atomic E-state index is 12.8. The van der Waals surface area contributed by atoms with E-state index in [1.807, 2.05) is 0 Å². The maximum Gasteiger partial charge on any atom is 0.228 e. The Balaban J connectivity index is 1.38. The molecular weight excluding hydrogens is 376 g/mol. The fourth-order valence-corrected chi connectivity index (χ4v) is 3.73. The Labute approximate surface area is 177 Å². The monoisotopic (exact) mass is 404 g/mol. The van der Waals surface area contributed by atoms with Gasteiger partial charge >= 0.3 is 0 Å². The van der Waals surface area contributed by atoms with Crippen LogP contribution in [0.2, 0.25) is 0 Å². The number of carbonyl (C=O) groups is 2. The molecule has 0 spiro atoms. The topological polar surface area (TPSA) is 78.4 Å². The fraction of sp³-hybridized carbons (Fsp3) is 0.360. The fourth-order valence-electron chi connectivity index (χ4n) is 3.73. The number of nitrogens with one attached hydrogen (secondary N) is 2. The standard InChI is InChI=1S/C25H28N2O3/c1-24(2)13-19(24)22(29)26-17-9-5-15(6-10-17)21(28)16-7-11-18(12-8-16)27-23(30)20-14-25(20,3)4/h5-12,19,27,30H,13-14H2,1-4H3,(H,26,29)/b23-20-/t19-/m1/s1. The van der Waals surface area contributed by atoms with Gasteiger partial charge in [-0.05, 0) is 77.8 Å². The molecule has 1 atom stereocenters. The summed E-state index contributed by atoms with van der Waals surface area (Å²) in [7, 11) is 0. The number of aliphatic hydroxyl groups excluding tert-OH is 1. The first-order valence-corrected chi connectivity index (χ1v) is 10.3. The molecule has 2 aliphatic rings. The van der Waals surface area contributed by atoms with Crippen LogP contribution in [0.25, 0.3) is 0 Å². The second-order valence-corrected chi connectivity index (χ2v) is 9.73. The molecule has 5 heteroatoms. The molecule has 2 saturated carbocycles. The van der Waals surface area contributed by atoms with E-state index >= 15 is 0 Å². The highest BCUT2D eigenvalue weighted by Gasteiger charge is 2.50. The van der Waals surface area contributed by atoms with Gasteiger partial charge in [-0.1, -0.05) is 27.7 Å². The van der Waals surface area contributed by atoms with Crippen molar-refractivity contribution >= 4 is 23.1 Å².